The van der Waals surface area contributed by atoms with Crippen molar-refractivity contribution in [2.75, 3.05) is 31.6 Å². The number of fused-ring (bicyclic) bond motifs is 3. The number of nitrogens with zero attached hydrogens (tertiary/aromatic N) is 1. The summed E-state index contributed by atoms with van der Waals surface area (Å²) in [5.74, 6) is -0.251. The van der Waals surface area contributed by atoms with E-state index in [2.05, 4.69) is 47.1 Å². The second-order valence-corrected chi connectivity index (χ2v) is 8.01. The number of hydrogen-bond donors (Lipinski definition) is 2. The van der Waals surface area contributed by atoms with Crippen molar-refractivity contribution < 1.29 is 19.2 Å². The summed E-state index contributed by atoms with van der Waals surface area (Å²) in [5, 5.41) is 5.41. The Labute approximate surface area is 176 Å². The molecule has 1 amide bonds. The van der Waals surface area contributed by atoms with Crippen molar-refractivity contribution in [3.8, 4) is 0 Å². The van der Waals surface area contributed by atoms with Gasteiger partial charge in [-0.3, -0.25) is 9.59 Å². The Morgan fingerprint density at radius 2 is 1.93 bits per heavy atom. The lowest BCUT2D eigenvalue weighted by Gasteiger charge is -2.28. The van der Waals surface area contributed by atoms with Crippen LogP contribution in [0, 0.1) is 5.92 Å². The maximum absolute atomic E-state index is 12.7. The Bertz CT molecular complexity index is 1070. The zero-order chi connectivity index (χ0) is 21.1. The van der Waals surface area contributed by atoms with Crippen molar-refractivity contribution in [1.29, 1.82) is 0 Å². The summed E-state index contributed by atoms with van der Waals surface area (Å²) in [6, 6.07) is 14.5. The van der Waals surface area contributed by atoms with Gasteiger partial charge in [-0.25, -0.2) is 0 Å². The first-order valence-electron chi connectivity index (χ1n) is 10.9. The first-order chi connectivity index (χ1) is 14.6. The van der Waals surface area contributed by atoms with Gasteiger partial charge in [-0.1, -0.05) is 18.2 Å². The molecule has 0 bridgehead atoms. The molecule has 1 aliphatic heterocycles. The van der Waals surface area contributed by atoms with Crippen molar-refractivity contribution in [2.24, 2.45) is 5.92 Å². The summed E-state index contributed by atoms with van der Waals surface area (Å²) in [6.07, 6.45) is 1.79. The van der Waals surface area contributed by atoms with E-state index in [9.17, 15) is 9.59 Å². The van der Waals surface area contributed by atoms with Gasteiger partial charge in [0.2, 0.25) is 0 Å². The molecule has 0 spiro atoms. The molecule has 1 saturated heterocycles. The molecule has 2 aromatic carbocycles. The molecule has 1 fully saturated rings. The van der Waals surface area contributed by atoms with Gasteiger partial charge < -0.3 is 19.5 Å². The smallest absolute Gasteiger partial charge is 0.314 e. The van der Waals surface area contributed by atoms with Crippen LogP contribution in [0.2, 0.25) is 0 Å². The van der Waals surface area contributed by atoms with Crippen molar-refractivity contribution in [3.63, 3.8) is 0 Å². The lowest BCUT2D eigenvalue weighted by Crippen LogP contribution is -3.14. The summed E-state index contributed by atoms with van der Waals surface area (Å²) in [4.78, 5) is 25.9. The maximum atomic E-state index is 12.7. The highest BCUT2D eigenvalue weighted by Gasteiger charge is 2.30. The molecule has 0 radical (unpaired) electrons. The van der Waals surface area contributed by atoms with Gasteiger partial charge in [0.1, 0.15) is 5.92 Å². The second kappa shape index (κ2) is 8.88. The summed E-state index contributed by atoms with van der Waals surface area (Å²) in [6.45, 7) is 7.21. The average molecular weight is 409 g/mol. The van der Waals surface area contributed by atoms with E-state index in [4.69, 9.17) is 4.74 Å². The van der Waals surface area contributed by atoms with Crippen molar-refractivity contribution in [1.82, 2.24) is 4.57 Å². The topological polar surface area (TPSA) is 64.8 Å². The number of rotatable bonds is 6. The third-order valence-electron chi connectivity index (χ3n) is 6.02. The fraction of sp³-hybridized carbons (Fsp3) is 0.417. The molecule has 6 heteroatoms. The van der Waals surface area contributed by atoms with Crippen LogP contribution in [0.4, 0.5) is 5.69 Å². The molecule has 0 saturated carbocycles. The first-order valence-corrected chi connectivity index (χ1v) is 10.9. The number of benzene rings is 2. The van der Waals surface area contributed by atoms with Crippen LogP contribution in [0.1, 0.15) is 26.7 Å². The highest BCUT2D eigenvalue weighted by molar-refractivity contribution is 6.09. The minimum absolute atomic E-state index is 0.0203. The van der Waals surface area contributed by atoms with E-state index in [0.29, 0.717) is 19.7 Å². The summed E-state index contributed by atoms with van der Waals surface area (Å²) >= 11 is 0. The van der Waals surface area contributed by atoms with Gasteiger partial charge in [-0.05, 0) is 51.0 Å². The van der Waals surface area contributed by atoms with Crippen molar-refractivity contribution >= 4 is 39.4 Å². The monoisotopic (exact) mass is 408 g/mol. The van der Waals surface area contributed by atoms with Gasteiger partial charge in [-0.15, -0.1) is 0 Å². The van der Waals surface area contributed by atoms with Crippen LogP contribution in [0.3, 0.4) is 0 Å². The number of piperidine rings is 1. The molecule has 4 rings (SSSR count). The molecule has 2 heterocycles. The number of carbonyl (C=O) groups is 2. The van der Waals surface area contributed by atoms with E-state index in [1.54, 1.807) is 0 Å². The number of esters is 1. The number of likely N-dealkylation sites (tertiary alicyclic amines) is 1. The minimum atomic E-state index is -0.132. The van der Waals surface area contributed by atoms with Crippen LogP contribution in [-0.2, 0) is 20.9 Å². The highest BCUT2D eigenvalue weighted by atomic mass is 16.5. The zero-order valence-corrected chi connectivity index (χ0v) is 17.7. The Balaban J connectivity index is 1.47. The van der Waals surface area contributed by atoms with Gasteiger partial charge in [0.15, 0.2) is 6.54 Å². The number of aryl methyl sites for hydroxylation is 1. The molecule has 0 aliphatic carbocycles. The van der Waals surface area contributed by atoms with Crippen LogP contribution < -0.4 is 10.2 Å². The van der Waals surface area contributed by atoms with Crippen LogP contribution >= 0.6 is 0 Å². The van der Waals surface area contributed by atoms with Crippen LogP contribution in [0.15, 0.2) is 42.5 Å². The molecule has 1 aromatic heterocycles. The third kappa shape index (κ3) is 4.05. The molecule has 2 N–H and O–H groups in total. The normalized spacial score (nSPS) is 19.1. The molecule has 2 atom stereocenters. The summed E-state index contributed by atoms with van der Waals surface area (Å²) in [5.41, 5.74) is 3.20. The SMILES string of the molecule is CCOC(=O)[C@@H]1CCC[NH+](CC(=O)Nc2ccc3c(c2)c2ccccc2n3CC)C1. The molecular formula is C24H30N3O3+. The summed E-state index contributed by atoms with van der Waals surface area (Å²) < 4.78 is 7.46. The van der Waals surface area contributed by atoms with Crippen LogP contribution in [0.5, 0.6) is 0 Å². The number of amides is 1. The number of para-hydroxylation sites is 1. The lowest BCUT2D eigenvalue weighted by molar-refractivity contribution is -0.899. The van der Waals surface area contributed by atoms with Gasteiger partial charge in [0, 0.05) is 34.0 Å². The standard InChI is InChI=1S/C24H29N3O3/c1-3-27-21-10-6-5-9-19(21)20-14-18(11-12-22(20)27)25-23(28)16-26-13-7-8-17(15-26)24(29)30-4-2/h5-6,9-12,14,17H,3-4,7-8,13,15-16H2,1-2H3,(H,25,28)/p+1/t17-/m1/s1. The lowest BCUT2D eigenvalue weighted by atomic mass is 9.98. The number of aromatic nitrogens is 1. The molecule has 158 valence electrons. The average Bonchev–Trinajstić information content (AvgIpc) is 3.07. The van der Waals surface area contributed by atoms with Gasteiger partial charge >= 0.3 is 5.97 Å². The minimum Gasteiger partial charge on any atom is -0.466 e. The van der Waals surface area contributed by atoms with Gasteiger partial charge in [0.25, 0.3) is 5.91 Å². The summed E-state index contributed by atoms with van der Waals surface area (Å²) in [7, 11) is 0. The van der Waals surface area contributed by atoms with E-state index in [1.807, 2.05) is 19.1 Å². The van der Waals surface area contributed by atoms with Crippen LogP contribution in [-0.4, -0.2) is 42.7 Å². The number of hydrogen-bond acceptors (Lipinski definition) is 3. The predicted molar refractivity (Wildman–Crippen MR) is 119 cm³/mol. The second-order valence-electron chi connectivity index (χ2n) is 8.01. The third-order valence-corrected chi connectivity index (χ3v) is 6.02. The van der Waals surface area contributed by atoms with E-state index in [0.717, 1.165) is 41.9 Å². The predicted octanol–water partition coefficient (Wildman–Crippen LogP) is 2.61. The zero-order valence-electron chi connectivity index (χ0n) is 17.7. The van der Waals surface area contributed by atoms with E-state index in [-0.39, 0.29) is 17.8 Å². The molecule has 1 aliphatic rings. The quantitative estimate of drug-likeness (QED) is 0.617. The van der Waals surface area contributed by atoms with Gasteiger partial charge in [-0.2, -0.15) is 0 Å². The number of quaternary nitrogens is 1. The van der Waals surface area contributed by atoms with E-state index < -0.39 is 0 Å². The van der Waals surface area contributed by atoms with Crippen molar-refractivity contribution in [2.45, 2.75) is 33.2 Å². The van der Waals surface area contributed by atoms with Gasteiger partial charge in [0.05, 0.1) is 19.7 Å². The molecule has 6 nitrogen and oxygen atoms in total. The fourth-order valence-corrected chi connectivity index (χ4v) is 4.68. The number of anilines is 1. The highest BCUT2D eigenvalue weighted by Crippen LogP contribution is 2.30. The maximum Gasteiger partial charge on any atom is 0.314 e. The van der Waals surface area contributed by atoms with Crippen molar-refractivity contribution in [3.05, 3.63) is 42.5 Å². The first kappa shape index (κ1) is 20.4. The number of nitrogens with one attached hydrogen (secondary N) is 2. The molecule has 30 heavy (non-hydrogen) atoms. The van der Waals surface area contributed by atoms with E-state index in [1.165, 1.54) is 16.4 Å². The fourth-order valence-electron chi connectivity index (χ4n) is 4.68. The molecule has 1 unspecified atom stereocenters. The Kier molecular flexibility index (Phi) is 6.04. The largest absolute Gasteiger partial charge is 0.466 e. The molecule has 3 aromatic rings. The molecular weight excluding hydrogens is 378 g/mol. The Hall–Kier alpha value is -2.86. The van der Waals surface area contributed by atoms with E-state index >= 15 is 0 Å². The Morgan fingerprint density at radius 1 is 1.13 bits per heavy atom. The number of carbonyl (C=O) groups excluding carboxylic acids is 2. The Morgan fingerprint density at radius 3 is 2.73 bits per heavy atom. The van der Waals surface area contributed by atoms with Crippen LogP contribution in [0.25, 0.3) is 21.8 Å². The number of ether oxygens (including phenoxy) is 1.